The van der Waals surface area contributed by atoms with Gasteiger partial charge in [-0.1, -0.05) is 42.5 Å². The van der Waals surface area contributed by atoms with Crippen molar-refractivity contribution in [2.75, 3.05) is 0 Å². The highest BCUT2D eigenvalue weighted by atomic mass is 19.1. The number of benzene rings is 2. The highest BCUT2D eigenvalue weighted by Gasteiger charge is 2.17. The summed E-state index contributed by atoms with van der Waals surface area (Å²) in [5.74, 6) is -0.497. The summed E-state index contributed by atoms with van der Waals surface area (Å²) in [6.07, 6.45) is 0.416. The smallest absolute Gasteiger partial charge is 0.147 e. The molecule has 3 heteroatoms. The maximum absolute atomic E-state index is 13.7. The molecule has 0 saturated heterocycles. The molecule has 0 bridgehead atoms. The lowest BCUT2D eigenvalue weighted by molar-refractivity contribution is 0.211. The number of hydrogen-bond acceptors (Lipinski definition) is 2. The van der Waals surface area contributed by atoms with E-state index in [2.05, 4.69) is 4.98 Å². The minimum atomic E-state index is -1.06. The van der Waals surface area contributed by atoms with Gasteiger partial charge in [0.15, 0.2) is 0 Å². The van der Waals surface area contributed by atoms with Crippen molar-refractivity contribution < 1.29 is 9.50 Å². The Morgan fingerprint density at radius 2 is 1.74 bits per heavy atom. The molecule has 2 nitrogen and oxygen atoms in total. The molecule has 0 aliphatic heterocycles. The van der Waals surface area contributed by atoms with Gasteiger partial charge in [0.25, 0.3) is 0 Å². The van der Waals surface area contributed by atoms with Crippen LogP contribution in [0.5, 0.6) is 0 Å². The first-order valence-corrected chi connectivity index (χ1v) is 6.03. The van der Waals surface area contributed by atoms with Crippen molar-refractivity contribution in [1.29, 1.82) is 0 Å². The van der Waals surface area contributed by atoms with Crippen LogP contribution in [0.15, 0.2) is 60.8 Å². The van der Waals surface area contributed by atoms with Gasteiger partial charge in [-0.15, -0.1) is 0 Å². The van der Waals surface area contributed by atoms with Crippen LogP contribution in [0.2, 0.25) is 0 Å². The zero-order valence-corrected chi connectivity index (χ0v) is 10.1. The first kappa shape index (κ1) is 11.8. The maximum atomic E-state index is 13.7. The van der Waals surface area contributed by atoms with Gasteiger partial charge in [0, 0.05) is 6.20 Å². The highest BCUT2D eigenvalue weighted by Crippen LogP contribution is 2.28. The van der Waals surface area contributed by atoms with Crippen LogP contribution in [0.4, 0.5) is 4.39 Å². The molecular formula is C16H12FNO. The Hall–Kier alpha value is -2.26. The van der Waals surface area contributed by atoms with Crippen molar-refractivity contribution in [3.05, 3.63) is 77.9 Å². The van der Waals surface area contributed by atoms with Crippen LogP contribution in [-0.4, -0.2) is 10.1 Å². The third-order valence-electron chi connectivity index (χ3n) is 3.16. The number of rotatable bonds is 2. The van der Waals surface area contributed by atoms with E-state index >= 15 is 0 Å². The van der Waals surface area contributed by atoms with Gasteiger partial charge in [0.1, 0.15) is 17.6 Å². The summed E-state index contributed by atoms with van der Waals surface area (Å²) in [6, 6.07) is 16.1. The quantitative estimate of drug-likeness (QED) is 0.758. The average molecular weight is 253 g/mol. The zero-order valence-electron chi connectivity index (χ0n) is 10.1. The van der Waals surface area contributed by atoms with Gasteiger partial charge in [0.2, 0.25) is 0 Å². The number of halogens is 1. The Bertz CT molecular complexity index is 721. The van der Waals surface area contributed by atoms with E-state index < -0.39 is 11.9 Å². The molecule has 1 aromatic heterocycles. The minimum Gasteiger partial charge on any atom is -0.382 e. The average Bonchev–Trinajstić information content (AvgIpc) is 2.46. The van der Waals surface area contributed by atoms with E-state index in [1.165, 1.54) is 18.3 Å². The number of fused-ring (bicyclic) bond motifs is 1. The van der Waals surface area contributed by atoms with Gasteiger partial charge in [-0.05, 0) is 28.5 Å². The number of aliphatic hydroxyl groups is 1. The van der Waals surface area contributed by atoms with Crippen molar-refractivity contribution in [3.8, 4) is 0 Å². The molecular weight excluding hydrogens is 241 g/mol. The van der Waals surface area contributed by atoms with Crippen LogP contribution >= 0.6 is 0 Å². The maximum Gasteiger partial charge on any atom is 0.147 e. The van der Waals surface area contributed by atoms with Crippen LogP contribution in [0, 0.1) is 5.82 Å². The van der Waals surface area contributed by atoms with Gasteiger partial charge in [-0.25, -0.2) is 4.39 Å². The van der Waals surface area contributed by atoms with Crippen LogP contribution in [0.25, 0.3) is 10.8 Å². The molecule has 2 aromatic carbocycles. The fourth-order valence-electron chi connectivity index (χ4n) is 2.24. The van der Waals surface area contributed by atoms with Gasteiger partial charge in [0.05, 0.1) is 0 Å². The van der Waals surface area contributed by atoms with E-state index in [9.17, 15) is 9.50 Å². The number of nitrogens with zero attached hydrogens (tertiary/aromatic N) is 1. The van der Waals surface area contributed by atoms with Crippen LogP contribution in [0.3, 0.4) is 0 Å². The minimum absolute atomic E-state index is 0.0545. The Labute approximate surface area is 110 Å². The van der Waals surface area contributed by atoms with E-state index in [1.54, 1.807) is 6.07 Å². The summed E-state index contributed by atoms with van der Waals surface area (Å²) in [4.78, 5) is 3.94. The monoisotopic (exact) mass is 253 g/mol. The van der Waals surface area contributed by atoms with E-state index in [1.807, 2.05) is 36.4 Å². The molecule has 3 aromatic rings. The van der Waals surface area contributed by atoms with Crippen LogP contribution in [-0.2, 0) is 0 Å². The molecule has 0 aliphatic carbocycles. The number of hydrogen-bond donors (Lipinski definition) is 1. The summed E-state index contributed by atoms with van der Waals surface area (Å²) >= 11 is 0. The fraction of sp³-hybridized carbons (Fsp3) is 0.0625. The van der Waals surface area contributed by atoms with E-state index in [0.29, 0.717) is 5.56 Å². The van der Waals surface area contributed by atoms with Gasteiger partial charge >= 0.3 is 0 Å². The van der Waals surface area contributed by atoms with E-state index in [0.717, 1.165) is 10.8 Å². The van der Waals surface area contributed by atoms with E-state index in [4.69, 9.17) is 0 Å². The molecule has 0 fully saturated rings. The van der Waals surface area contributed by atoms with Crippen LogP contribution in [0.1, 0.15) is 17.4 Å². The summed E-state index contributed by atoms with van der Waals surface area (Å²) in [7, 11) is 0. The lowest BCUT2D eigenvalue weighted by atomic mass is 9.98. The normalized spacial score (nSPS) is 12.5. The summed E-state index contributed by atoms with van der Waals surface area (Å²) in [6.45, 7) is 0. The second-order valence-electron chi connectivity index (χ2n) is 4.34. The van der Waals surface area contributed by atoms with Crippen molar-refractivity contribution in [2.24, 2.45) is 0 Å². The molecule has 3 rings (SSSR count). The third-order valence-corrected chi connectivity index (χ3v) is 3.16. The first-order chi connectivity index (χ1) is 9.27. The second-order valence-corrected chi connectivity index (χ2v) is 4.34. The molecule has 0 radical (unpaired) electrons. The summed E-state index contributed by atoms with van der Waals surface area (Å²) < 4.78 is 13.7. The van der Waals surface area contributed by atoms with Crippen molar-refractivity contribution in [3.63, 3.8) is 0 Å². The molecule has 1 N–H and O–H groups in total. The Morgan fingerprint density at radius 3 is 2.58 bits per heavy atom. The van der Waals surface area contributed by atoms with Gasteiger partial charge < -0.3 is 5.11 Å². The summed E-state index contributed by atoms with van der Waals surface area (Å²) in [5, 5.41) is 12.3. The SMILES string of the molecule is OC(c1ncccc1F)c1cccc2ccccc12. The molecule has 0 spiro atoms. The fourth-order valence-corrected chi connectivity index (χ4v) is 2.24. The lowest BCUT2D eigenvalue weighted by Crippen LogP contribution is -2.05. The molecule has 0 amide bonds. The predicted molar refractivity (Wildman–Crippen MR) is 72.2 cm³/mol. The van der Waals surface area contributed by atoms with Crippen molar-refractivity contribution in [2.45, 2.75) is 6.10 Å². The Kier molecular flexibility index (Phi) is 2.97. The Morgan fingerprint density at radius 1 is 0.947 bits per heavy atom. The topological polar surface area (TPSA) is 33.1 Å². The largest absolute Gasteiger partial charge is 0.382 e. The zero-order chi connectivity index (χ0) is 13.2. The molecule has 1 heterocycles. The van der Waals surface area contributed by atoms with Crippen LogP contribution < -0.4 is 0 Å². The molecule has 0 aliphatic rings. The first-order valence-electron chi connectivity index (χ1n) is 6.03. The highest BCUT2D eigenvalue weighted by molar-refractivity contribution is 5.86. The number of aliphatic hydroxyl groups excluding tert-OH is 1. The third kappa shape index (κ3) is 2.09. The molecule has 19 heavy (non-hydrogen) atoms. The van der Waals surface area contributed by atoms with E-state index in [-0.39, 0.29) is 5.69 Å². The molecule has 1 unspecified atom stereocenters. The second kappa shape index (κ2) is 4.78. The lowest BCUT2D eigenvalue weighted by Gasteiger charge is -2.13. The predicted octanol–water partition coefficient (Wildman–Crippen LogP) is 3.46. The van der Waals surface area contributed by atoms with Crippen molar-refractivity contribution >= 4 is 10.8 Å². The molecule has 1 atom stereocenters. The Balaban J connectivity index is 2.17. The number of aromatic nitrogens is 1. The standard InChI is InChI=1S/C16H12FNO/c17-14-9-4-10-18-15(14)16(19)13-8-3-6-11-5-1-2-7-12(11)13/h1-10,16,19H. The molecule has 94 valence electrons. The van der Waals surface area contributed by atoms with Gasteiger partial charge in [-0.2, -0.15) is 0 Å². The molecule has 0 saturated carbocycles. The van der Waals surface area contributed by atoms with Gasteiger partial charge in [-0.3, -0.25) is 4.98 Å². The number of pyridine rings is 1. The summed E-state index contributed by atoms with van der Waals surface area (Å²) in [5.41, 5.74) is 0.717. The van der Waals surface area contributed by atoms with Crippen molar-refractivity contribution in [1.82, 2.24) is 4.98 Å².